The minimum absolute atomic E-state index is 1.06. The third kappa shape index (κ3) is 2.23. The van der Waals surface area contributed by atoms with Crippen LogP contribution in [0.5, 0.6) is 0 Å². The van der Waals surface area contributed by atoms with Gasteiger partial charge in [0.2, 0.25) is 0 Å². The maximum Gasteiger partial charge on any atom is -0.00949 e. The molecule has 1 aromatic carbocycles. The molecule has 0 unspecified atom stereocenters. The van der Waals surface area contributed by atoms with Gasteiger partial charge in [0.05, 0.1) is 0 Å². The lowest BCUT2D eigenvalue weighted by atomic mass is 10.0. The smallest absolute Gasteiger partial charge is 0.00949 e. The first kappa shape index (κ1) is 9.05. The number of hydrogen-bond acceptors (Lipinski definition) is 0. The van der Waals surface area contributed by atoms with Crippen LogP contribution in [0.2, 0.25) is 0 Å². The zero-order valence-electron chi connectivity index (χ0n) is 8.09. The Hall–Kier alpha value is -1.04. The van der Waals surface area contributed by atoms with Gasteiger partial charge in [0.1, 0.15) is 0 Å². The van der Waals surface area contributed by atoms with E-state index in [0.717, 1.165) is 6.42 Å². The van der Waals surface area contributed by atoms with Crippen molar-refractivity contribution in [3.8, 4) is 0 Å². The van der Waals surface area contributed by atoms with Gasteiger partial charge in [-0.3, -0.25) is 0 Å². The molecule has 0 aliphatic heterocycles. The largest absolute Gasteiger partial charge is 0.0913 e. The van der Waals surface area contributed by atoms with E-state index in [1.54, 1.807) is 0 Å². The summed E-state index contributed by atoms with van der Waals surface area (Å²) in [6.07, 6.45) is 5.35. The van der Waals surface area contributed by atoms with Crippen LogP contribution in [-0.2, 0) is 6.42 Å². The fraction of sp³-hybridized carbons (Fsp3) is 0.333. The van der Waals surface area contributed by atoms with E-state index in [0.29, 0.717) is 0 Å². The van der Waals surface area contributed by atoms with Gasteiger partial charge in [0.25, 0.3) is 0 Å². The average Bonchev–Trinajstić information content (AvgIpc) is 2.03. The van der Waals surface area contributed by atoms with Crippen molar-refractivity contribution in [1.29, 1.82) is 0 Å². The third-order valence-electron chi connectivity index (χ3n) is 2.07. The van der Waals surface area contributed by atoms with Crippen molar-refractivity contribution in [3.05, 3.63) is 47.0 Å². The molecule has 0 fully saturated rings. The highest BCUT2D eigenvalue weighted by Crippen LogP contribution is 2.11. The number of hydrogen-bond donors (Lipinski definition) is 0. The molecule has 64 valence electrons. The lowest BCUT2D eigenvalue weighted by Gasteiger charge is -2.03. The van der Waals surface area contributed by atoms with E-state index in [1.807, 2.05) is 0 Å². The van der Waals surface area contributed by atoms with Gasteiger partial charge in [-0.1, -0.05) is 35.9 Å². The molecular formula is C12H16. The molecule has 0 heterocycles. The molecule has 0 aliphatic rings. The highest BCUT2D eigenvalue weighted by Gasteiger charge is 1.94. The average molecular weight is 160 g/mol. The second kappa shape index (κ2) is 4.10. The van der Waals surface area contributed by atoms with Crippen LogP contribution in [0.4, 0.5) is 0 Å². The molecule has 0 radical (unpaired) electrons. The summed E-state index contributed by atoms with van der Waals surface area (Å²) >= 11 is 0. The van der Waals surface area contributed by atoms with Crippen LogP contribution in [0.3, 0.4) is 0 Å². The standard InChI is InChI=1S/C12H16/c1-4-5-6-12-8-7-10(2)9-11(12)3/h4-5,7-9H,6H2,1-3H3. The summed E-state index contributed by atoms with van der Waals surface area (Å²) in [7, 11) is 0. The zero-order valence-corrected chi connectivity index (χ0v) is 8.09. The molecule has 0 saturated heterocycles. The Balaban J connectivity index is 2.86. The molecule has 0 amide bonds. The zero-order chi connectivity index (χ0) is 8.97. The molecule has 0 heteroatoms. The number of aryl methyl sites for hydroxylation is 2. The maximum atomic E-state index is 2.23. The molecule has 1 rings (SSSR count). The van der Waals surface area contributed by atoms with Crippen LogP contribution in [0.1, 0.15) is 23.6 Å². The van der Waals surface area contributed by atoms with Crippen molar-refractivity contribution in [2.75, 3.05) is 0 Å². The van der Waals surface area contributed by atoms with Gasteiger partial charge >= 0.3 is 0 Å². The van der Waals surface area contributed by atoms with E-state index in [2.05, 4.69) is 51.1 Å². The van der Waals surface area contributed by atoms with Gasteiger partial charge in [0, 0.05) is 0 Å². The van der Waals surface area contributed by atoms with Crippen LogP contribution in [0.25, 0.3) is 0 Å². The number of allylic oxidation sites excluding steroid dienone is 2. The van der Waals surface area contributed by atoms with Crippen LogP contribution in [0.15, 0.2) is 30.4 Å². The Morgan fingerprint density at radius 2 is 2.00 bits per heavy atom. The predicted molar refractivity (Wildman–Crippen MR) is 54.4 cm³/mol. The highest BCUT2D eigenvalue weighted by molar-refractivity contribution is 5.31. The fourth-order valence-electron chi connectivity index (χ4n) is 1.32. The van der Waals surface area contributed by atoms with Crippen molar-refractivity contribution in [2.24, 2.45) is 0 Å². The molecule has 0 aliphatic carbocycles. The molecule has 0 aromatic heterocycles. The molecular weight excluding hydrogens is 144 g/mol. The van der Waals surface area contributed by atoms with E-state index in [9.17, 15) is 0 Å². The summed E-state index contributed by atoms with van der Waals surface area (Å²) in [6, 6.07) is 6.62. The van der Waals surface area contributed by atoms with E-state index in [-0.39, 0.29) is 0 Å². The van der Waals surface area contributed by atoms with Gasteiger partial charge in [0.15, 0.2) is 0 Å². The minimum atomic E-state index is 1.06. The third-order valence-corrected chi connectivity index (χ3v) is 2.07. The summed E-state index contributed by atoms with van der Waals surface area (Å²) in [5.74, 6) is 0. The second-order valence-corrected chi connectivity index (χ2v) is 3.20. The van der Waals surface area contributed by atoms with Gasteiger partial charge in [-0.05, 0) is 38.3 Å². The summed E-state index contributed by atoms with van der Waals surface area (Å²) in [6.45, 7) is 6.36. The summed E-state index contributed by atoms with van der Waals surface area (Å²) < 4.78 is 0. The maximum absolute atomic E-state index is 2.23. The topological polar surface area (TPSA) is 0 Å². The first-order valence-corrected chi connectivity index (χ1v) is 4.41. The Kier molecular flexibility index (Phi) is 3.09. The van der Waals surface area contributed by atoms with E-state index in [1.165, 1.54) is 16.7 Å². The second-order valence-electron chi connectivity index (χ2n) is 3.20. The predicted octanol–water partition coefficient (Wildman–Crippen LogP) is 3.42. The Bertz CT molecular complexity index is 282. The van der Waals surface area contributed by atoms with Crippen LogP contribution in [-0.4, -0.2) is 0 Å². The van der Waals surface area contributed by atoms with Crippen LogP contribution < -0.4 is 0 Å². The van der Waals surface area contributed by atoms with Gasteiger partial charge < -0.3 is 0 Å². The lowest BCUT2D eigenvalue weighted by Crippen LogP contribution is -1.87. The van der Waals surface area contributed by atoms with Crippen molar-refractivity contribution in [2.45, 2.75) is 27.2 Å². The van der Waals surface area contributed by atoms with Crippen molar-refractivity contribution in [3.63, 3.8) is 0 Å². The molecule has 0 saturated carbocycles. The molecule has 0 atom stereocenters. The molecule has 0 N–H and O–H groups in total. The Labute approximate surface area is 74.9 Å². The van der Waals surface area contributed by atoms with Gasteiger partial charge in [-0.2, -0.15) is 0 Å². The van der Waals surface area contributed by atoms with Gasteiger partial charge in [-0.25, -0.2) is 0 Å². The number of benzene rings is 1. The van der Waals surface area contributed by atoms with Crippen molar-refractivity contribution >= 4 is 0 Å². The molecule has 0 nitrogen and oxygen atoms in total. The van der Waals surface area contributed by atoms with E-state index >= 15 is 0 Å². The fourth-order valence-corrected chi connectivity index (χ4v) is 1.32. The highest BCUT2D eigenvalue weighted by atomic mass is 14.0. The summed E-state index contributed by atoms with van der Waals surface area (Å²) in [4.78, 5) is 0. The first-order chi connectivity index (χ1) is 5.74. The lowest BCUT2D eigenvalue weighted by molar-refractivity contribution is 1.19. The monoisotopic (exact) mass is 160 g/mol. The number of rotatable bonds is 2. The van der Waals surface area contributed by atoms with E-state index in [4.69, 9.17) is 0 Å². The van der Waals surface area contributed by atoms with Crippen molar-refractivity contribution in [1.82, 2.24) is 0 Å². The van der Waals surface area contributed by atoms with Crippen molar-refractivity contribution < 1.29 is 0 Å². The molecule has 12 heavy (non-hydrogen) atoms. The molecule has 1 aromatic rings. The molecule has 0 spiro atoms. The minimum Gasteiger partial charge on any atom is -0.0913 e. The van der Waals surface area contributed by atoms with Crippen LogP contribution in [0, 0.1) is 13.8 Å². The molecule has 0 bridgehead atoms. The quantitative estimate of drug-likeness (QED) is 0.581. The SMILES string of the molecule is CC=CCc1ccc(C)cc1C. The van der Waals surface area contributed by atoms with Crippen LogP contribution >= 0.6 is 0 Å². The Morgan fingerprint density at radius 3 is 2.58 bits per heavy atom. The normalized spacial score (nSPS) is 10.9. The van der Waals surface area contributed by atoms with Gasteiger partial charge in [-0.15, -0.1) is 0 Å². The Morgan fingerprint density at radius 1 is 1.25 bits per heavy atom. The summed E-state index contributed by atoms with van der Waals surface area (Å²) in [5.41, 5.74) is 4.17. The van der Waals surface area contributed by atoms with E-state index < -0.39 is 0 Å². The first-order valence-electron chi connectivity index (χ1n) is 4.41. The summed E-state index contributed by atoms with van der Waals surface area (Å²) in [5, 5.41) is 0.